The van der Waals surface area contributed by atoms with Crippen molar-refractivity contribution in [2.75, 3.05) is 5.43 Å². The van der Waals surface area contributed by atoms with Crippen LogP contribution in [0.15, 0.2) is 77.9 Å². The van der Waals surface area contributed by atoms with E-state index in [0.717, 1.165) is 22.3 Å². The van der Waals surface area contributed by atoms with Crippen molar-refractivity contribution < 1.29 is 0 Å². The van der Waals surface area contributed by atoms with Crippen molar-refractivity contribution in [3.63, 3.8) is 0 Å². The summed E-state index contributed by atoms with van der Waals surface area (Å²) in [5, 5.41) is 6.05. The van der Waals surface area contributed by atoms with Gasteiger partial charge in [-0.25, -0.2) is 0 Å². The third-order valence-corrected chi connectivity index (χ3v) is 5.15. The highest BCUT2D eigenvalue weighted by Crippen LogP contribution is 2.25. The monoisotopic (exact) mass is 367 g/mol. The van der Waals surface area contributed by atoms with Crippen LogP contribution in [0.2, 0.25) is 0 Å². The van der Waals surface area contributed by atoms with Gasteiger partial charge in [-0.2, -0.15) is 5.10 Å². The summed E-state index contributed by atoms with van der Waals surface area (Å²) in [6, 6.07) is 25.4. The quantitative estimate of drug-likeness (QED) is 0.463. The Kier molecular flexibility index (Phi) is 4.74. The van der Waals surface area contributed by atoms with Gasteiger partial charge in [-0.1, -0.05) is 54.1 Å². The number of nitrogens with one attached hydrogen (secondary N) is 1. The second-order valence-corrected chi connectivity index (χ2v) is 7.41. The number of para-hydroxylation sites is 1. The van der Waals surface area contributed by atoms with E-state index >= 15 is 0 Å². The lowest BCUT2D eigenvalue weighted by molar-refractivity contribution is 0.867. The Morgan fingerprint density at radius 3 is 2.21 bits per heavy atom. The van der Waals surface area contributed by atoms with Gasteiger partial charge in [0.1, 0.15) is 0 Å². The molecule has 1 N–H and O–H groups in total. The van der Waals surface area contributed by atoms with E-state index in [0.29, 0.717) is 0 Å². The van der Waals surface area contributed by atoms with Crippen molar-refractivity contribution >= 4 is 16.6 Å². The number of pyridine rings is 1. The number of hydrogen-bond acceptors (Lipinski definition) is 2. The number of fused-ring (bicyclic) bond motifs is 1. The highest BCUT2D eigenvalue weighted by atomic mass is 15.3. The molecule has 0 saturated carbocycles. The van der Waals surface area contributed by atoms with Gasteiger partial charge >= 0.3 is 0 Å². The normalized spacial score (nSPS) is 11.8. The first-order chi connectivity index (χ1) is 13.5. The van der Waals surface area contributed by atoms with Crippen LogP contribution in [-0.2, 0) is 7.05 Å². The van der Waals surface area contributed by atoms with E-state index in [9.17, 15) is 0 Å². The number of aryl methyl sites for hydroxylation is 4. The number of hydrogen-bond donors (Lipinski definition) is 1. The fourth-order valence-corrected chi connectivity index (χ4v) is 3.64. The summed E-state index contributed by atoms with van der Waals surface area (Å²) < 4.78 is 2.18. The standard InChI is InChI=1S/C25H25N3/c1-17-10-12-20(13-11-17)23-16-22-19(3)14-18(2)15-24(22)28(4)25(23)27-26-21-8-6-5-7-9-21/h5-16,26H,1-4H3/b27-25+. The van der Waals surface area contributed by atoms with Gasteiger partial charge in [0.05, 0.1) is 5.69 Å². The van der Waals surface area contributed by atoms with E-state index in [2.05, 4.69) is 80.3 Å². The van der Waals surface area contributed by atoms with Crippen LogP contribution >= 0.6 is 0 Å². The number of anilines is 1. The van der Waals surface area contributed by atoms with E-state index in [4.69, 9.17) is 5.10 Å². The minimum atomic E-state index is 0.908. The first-order valence-corrected chi connectivity index (χ1v) is 9.56. The van der Waals surface area contributed by atoms with Crippen LogP contribution in [0.4, 0.5) is 5.69 Å². The number of rotatable bonds is 3. The molecule has 0 fully saturated rings. The average Bonchev–Trinajstić information content (AvgIpc) is 2.69. The molecule has 0 aliphatic carbocycles. The lowest BCUT2D eigenvalue weighted by Gasteiger charge is -2.15. The van der Waals surface area contributed by atoms with Crippen LogP contribution in [0.25, 0.3) is 22.0 Å². The largest absolute Gasteiger partial charge is 0.327 e. The molecule has 4 aromatic rings. The molecule has 28 heavy (non-hydrogen) atoms. The molecule has 0 unspecified atom stereocenters. The number of aromatic nitrogens is 1. The van der Waals surface area contributed by atoms with Crippen molar-refractivity contribution in [3.8, 4) is 11.1 Å². The predicted molar refractivity (Wildman–Crippen MR) is 118 cm³/mol. The predicted octanol–water partition coefficient (Wildman–Crippen LogP) is 5.70. The van der Waals surface area contributed by atoms with E-state index < -0.39 is 0 Å². The highest BCUT2D eigenvalue weighted by Gasteiger charge is 2.10. The van der Waals surface area contributed by atoms with E-state index in [1.165, 1.54) is 27.6 Å². The molecule has 140 valence electrons. The van der Waals surface area contributed by atoms with Crippen LogP contribution in [-0.4, -0.2) is 4.57 Å². The third kappa shape index (κ3) is 3.44. The fraction of sp³-hybridized carbons (Fsp3) is 0.160. The maximum absolute atomic E-state index is 4.80. The molecule has 1 aromatic heterocycles. The Balaban J connectivity index is 2.00. The van der Waals surface area contributed by atoms with Crippen LogP contribution in [0.3, 0.4) is 0 Å². The Morgan fingerprint density at radius 1 is 0.786 bits per heavy atom. The van der Waals surface area contributed by atoms with E-state index in [1.807, 2.05) is 30.3 Å². The Bertz CT molecular complexity index is 1200. The van der Waals surface area contributed by atoms with E-state index in [-0.39, 0.29) is 0 Å². The maximum atomic E-state index is 4.80. The molecule has 0 spiro atoms. The molecule has 0 amide bonds. The van der Waals surface area contributed by atoms with Crippen molar-refractivity contribution in [2.45, 2.75) is 20.8 Å². The van der Waals surface area contributed by atoms with Gasteiger partial charge in [-0.3, -0.25) is 5.43 Å². The molecule has 0 radical (unpaired) electrons. The summed E-state index contributed by atoms with van der Waals surface area (Å²) in [5.41, 5.74) is 12.3. The molecule has 0 aliphatic rings. The van der Waals surface area contributed by atoms with E-state index in [1.54, 1.807) is 0 Å². The minimum absolute atomic E-state index is 0.908. The molecule has 3 aromatic carbocycles. The summed E-state index contributed by atoms with van der Waals surface area (Å²) in [4.78, 5) is 0. The zero-order valence-corrected chi connectivity index (χ0v) is 16.8. The first-order valence-electron chi connectivity index (χ1n) is 9.56. The molecule has 0 aliphatic heterocycles. The van der Waals surface area contributed by atoms with Gasteiger partial charge < -0.3 is 4.57 Å². The number of nitrogens with zero attached hydrogens (tertiary/aromatic N) is 2. The van der Waals surface area contributed by atoms with Crippen LogP contribution < -0.4 is 10.9 Å². The summed E-state index contributed by atoms with van der Waals surface area (Å²) in [7, 11) is 2.09. The van der Waals surface area contributed by atoms with Crippen LogP contribution in [0.1, 0.15) is 16.7 Å². The lowest BCUT2D eigenvalue weighted by Crippen LogP contribution is -2.23. The smallest absolute Gasteiger partial charge is 0.160 e. The molecule has 3 heteroatoms. The molecule has 0 saturated heterocycles. The summed E-state index contributed by atoms with van der Waals surface area (Å²) in [5.74, 6) is 0. The first kappa shape index (κ1) is 18.1. The SMILES string of the molecule is Cc1ccc(-c2cc3c(C)cc(C)cc3n(C)/c2=N/Nc2ccccc2)cc1. The Labute approximate surface area is 166 Å². The van der Waals surface area contributed by atoms with Gasteiger partial charge in [-0.15, -0.1) is 0 Å². The zero-order chi connectivity index (χ0) is 19.7. The Hall–Kier alpha value is -3.33. The molecule has 3 nitrogen and oxygen atoms in total. The average molecular weight is 367 g/mol. The zero-order valence-electron chi connectivity index (χ0n) is 16.8. The van der Waals surface area contributed by atoms with Gasteiger partial charge in [-0.05, 0) is 61.7 Å². The second kappa shape index (κ2) is 7.35. The third-order valence-electron chi connectivity index (χ3n) is 5.15. The topological polar surface area (TPSA) is 29.3 Å². The highest BCUT2D eigenvalue weighted by molar-refractivity contribution is 5.87. The Morgan fingerprint density at radius 2 is 1.50 bits per heavy atom. The molecule has 1 heterocycles. The summed E-state index contributed by atoms with van der Waals surface area (Å²) >= 11 is 0. The van der Waals surface area contributed by atoms with Crippen molar-refractivity contribution in [2.24, 2.45) is 12.1 Å². The lowest BCUT2D eigenvalue weighted by atomic mass is 10.00. The van der Waals surface area contributed by atoms with Gasteiger partial charge in [0.2, 0.25) is 0 Å². The van der Waals surface area contributed by atoms with Crippen LogP contribution in [0, 0.1) is 20.8 Å². The molecule has 0 atom stereocenters. The number of benzene rings is 3. The van der Waals surface area contributed by atoms with Crippen molar-refractivity contribution in [1.82, 2.24) is 4.57 Å². The van der Waals surface area contributed by atoms with Crippen molar-refractivity contribution in [3.05, 3.63) is 95.0 Å². The minimum Gasteiger partial charge on any atom is -0.327 e. The molecule has 0 bridgehead atoms. The van der Waals surface area contributed by atoms with Crippen molar-refractivity contribution in [1.29, 1.82) is 0 Å². The van der Waals surface area contributed by atoms with Gasteiger partial charge in [0.25, 0.3) is 0 Å². The van der Waals surface area contributed by atoms with Gasteiger partial charge in [0.15, 0.2) is 5.49 Å². The fourth-order valence-electron chi connectivity index (χ4n) is 3.64. The van der Waals surface area contributed by atoms with Gasteiger partial charge in [0, 0.05) is 23.5 Å². The summed E-state index contributed by atoms with van der Waals surface area (Å²) in [6.07, 6.45) is 0. The maximum Gasteiger partial charge on any atom is 0.160 e. The van der Waals surface area contributed by atoms with Crippen LogP contribution in [0.5, 0.6) is 0 Å². The summed E-state index contributed by atoms with van der Waals surface area (Å²) in [6.45, 7) is 6.42. The molecular formula is C25H25N3. The molecule has 4 rings (SSSR count). The second-order valence-electron chi connectivity index (χ2n) is 7.41. The molecular weight excluding hydrogens is 342 g/mol.